The Morgan fingerprint density at radius 3 is 1.00 bits per heavy atom. The Hall–Kier alpha value is -1.71. The third-order valence-corrected chi connectivity index (χ3v) is 8.44. The molecule has 3 rings (SSSR count). The van der Waals surface area contributed by atoms with Crippen molar-refractivity contribution in [1.82, 2.24) is 0 Å². The van der Waals surface area contributed by atoms with Crippen LogP contribution in [0.2, 0.25) is 0 Å². The van der Waals surface area contributed by atoms with Gasteiger partial charge in [-0.05, 0) is 64.2 Å². The van der Waals surface area contributed by atoms with E-state index in [2.05, 4.69) is 6.92 Å². The van der Waals surface area contributed by atoms with Crippen molar-refractivity contribution >= 4 is 17.9 Å². The van der Waals surface area contributed by atoms with Gasteiger partial charge in [0.2, 0.25) is 0 Å². The highest BCUT2D eigenvalue weighted by molar-refractivity contribution is 5.66. The van der Waals surface area contributed by atoms with Gasteiger partial charge in [-0.25, -0.2) is 0 Å². The monoisotopic (exact) mass is 554 g/mol. The summed E-state index contributed by atoms with van der Waals surface area (Å²) in [6.07, 6.45) is 10.6. The smallest absolute Gasteiger partial charge is 0.302 e. The minimum absolute atomic E-state index is 0.166. The van der Waals surface area contributed by atoms with E-state index in [4.69, 9.17) is 28.4 Å². The molecule has 39 heavy (non-hydrogen) atoms. The quantitative estimate of drug-likeness (QED) is 0.228. The van der Waals surface area contributed by atoms with Crippen LogP contribution in [0.15, 0.2) is 0 Å². The average Bonchev–Trinajstić information content (AvgIpc) is 2.90. The number of hydrogen-bond donors (Lipinski definition) is 0. The lowest BCUT2D eigenvalue weighted by Crippen LogP contribution is -2.46. The molecule has 6 atom stereocenters. The van der Waals surface area contributed by atoms with Crippen molar-refractivity contribution in [2.24, 2.45) is 5.41 Å². The lowest BCUT2D eigenvalue weighted by Gasteiger charge is -2.40. The van der Waals surface area contributed by atoms with Gasteiger partial charge in [-0.2, -0.15) is 0 Å². The average molecular weight is 555 g/mol. The van der Waals surface area contributed by atoms with Gasteiger partial charge >= 0.3 is 17.9 Å². The number of ether oxygens (including phenoxy) is 6. The van der Waals surface area contributed by atoms with Gasteiger partial charge < -0.3 is 28.4 Å². The van der Waals surface area contributed by atoms with Crippen LogP contribution in [0.4, 0.5) is 0 Å². The van der Waals surface area contributed by atoms with Crippen LogP contribution in [0, 0.1) is 5.41 Å². The van der Waals surface area contributed by atoms with E-state index in [1.165, 1.54) is 20.8 Å². The maximum Gasteiger partial charge on any atom is 0.302 e. The molecule has 0 amide bonds. The van der Waals surface area contributed by atoms with E-state index in [1.54, 1.807) is 0 Å². The van der Waals surface area contributed by atoms with Crippen LogP contribution in [0.5, 0.6) is 0 Å². The molecule has 9 nitrogen and oxygen atoms in total. The number of carbonyl (C=O) groups excluding carboxylic acids is 3. The first-order chi connectivity index (χ1) is 18.7. The highest BCUT2D eigenvalue weighted by Crippen LogP contribution is 2.33. The second-order valence-electron chi connectivity index (χ2n) is 11.7. The predicted molar refractivity (Wildman–Crippen MR) is 144 cm³/mol. The number of carbonyl (C=O) groups is 3. The van der Waals surface area contributed by atoms with Crippen molar-refractivity contribution < 1.29 is 42.8 Å². The summed E-state index contributed by atoms with van der Waals surface area (Å²) < 4.78 is 36.3. The minimum atomic E-state index is -0.464. The molecule has 0 aliphatic heterocycles. The number of hydrogen-bond acceptors (Lipinski definition) is 9. The predicted octanol–water partition coefficient (Wildman–Crippen LogP) is 5.06. The lowest BCUT2D eigenvalue weighted by atomic mass is 9.86. The van der Waals surface area contributed by atoms with Crippen molar-refractivity contribution in [2.45, 2.75) is 148 Å². The second kappa shape index (κ2) is 15.9. The molecule has 9 heteroatoms. The Kier molecular flexibility index (Phi) is 13.0. The first-order valence-corrected chi connectivity index (χ1v) is 15.1. The van der Waals surface area contributed by atoms with Crippen LogP contribution >= 0.6 is 0 Å². The highest BCUT2D eigenvalue weighted by atomic mass is 16.6. The van der Waals surface area contributed by atoms with Crippen molar-refractivity contribution in [2.75, 3.05) is 19.8 Å². The molecule has 0 heterocycles. The third-order valence-electron chi connectivity index (χ3n) is 8.44. The summed E-state index contributed by atoms with van der Waals surface area (Å²) in [5, 5.41) is 0. The topological polar surface area (TPSA) is 107 Å². The molecule has 6 unspecified atom stereocenters. The lowest BCUT2D eigenvalue weighted by molar-refractivity contribution is -0.182. The largest absolute Gasteiger partial charge is 0.460 e. The molecule has 3 aliphatic carbocycles. The molecule has 3 fully saturated rings. The summed E-state index contributed by atoms with van der Waals surface area (Å²) in [5.41, 5.74) is -0.464. The number of rotatable bonds is 13. The van der Waals surface area contributed by atoms with Crippen LogP contribution in [-0.2, 0) is 42.8 Å². The van der Waals surface area contributed by atoms with Crippen LogP contribution in [0.3, 0.4) is 0 Å². The van der Waals surface area contributed by atoms with Gasteiger partial charge in [-0.15, -0.1) is 0 Å². The summed E-state index contributed by atoms with van der Waals surface area (Å²) in [4.78, 5) is 35.1. The molecule has 224 valence electrons. The van der Waals surface area contributed by atoms with Gasteiger partial charge in [-0.3, -0.25) is 14.4 Å². The Labute approximate surface area is 233 Å². The minimum Gasteiger partial charge on any atom is -0.460 e. The zero-order valence-electron chi connectivity index (χ0n) is 24.5. The Morgan fingerprint density at radius 1 is 0.513 bits per heavy atom. The Balaban J connectivity index is 1.72. The Bertz CT molecular complexity index is 687. The summed E-state index contributed by atoms with van der Waals surface area (Å²) in [7, 11) is 0. The maximum atomic E-state index is 11.7. The second-order valence-corrected chi connectivity index (χ2v) is 11.7. The van der Waals surface area contributed by atoms with Crippen molar-refractivity contribution in [3.05, 3.63) is 0 Å². The van der Waals surface area contributed by atoms with Gasteiger partial charge in [0.1, 0.15) is 18.3 Å². The zero-order valence-corrected chi connectivity index (χ0v) is 24.5. The van der Waals surface area contributed by atoms with E-state index >= 15 is 0 Å². The molecule has 3 aliphatic rings. The van der Waals surface area contributed by atoms with Crippen LogP contribution in [-0.4, -0.2) is 74.4 Å². The van der Waals surface area contributed by atoms with Gasteiger partial charge in [0.05, 0.1) is 38.1 Å². The first kappa shape index (κ1) is 31.8. The molecule has 3 saturated carbocycles. The summed E-state index contributed by atoms with van der Waals surface area (Å²) in [5.74, 6) is -0.857. The van der Waals surface area contributed by atoms with E-state index in [9.17, 15) is 14.4 Å². The fourth-order valence-electron chi connectivity index (χ4n) is 6.09. The standard InChI is InChI=1S/C30H50O9/c1-5-30(18-34-24-12-6-9-15-27(24)37-21(2)31,19-35-25-13-7-10-16-28(25)38-22(3)32)20-36-26-14-8-11-17-29(26)39-23(4)33/h24-29H,5-20H2,1-4H3. The van der Waals surface area contributed by atoms with E-state index in [-0.39, 0.29) is 54.5 Å². The van der Waals surface area contributed by atoms with Gasteiger partial charge in [0.15, 0.2) is 0 Å². The molecule has 0 aromatic rings. The molecule has 0 bridgehead atoms. The number of esters is 3. The van der Waals surface area contributed by atoms with Crippen molar-refractivity contribution in [3.63, 3.8) is 0 Å². The molecule has 0 aromatic heterocycles. The summed E-state index contributed by atoms with van der Waals surface area (Å²) in [6, 6.07) is 0. The van der Waals surface area contributed by atoms with E-state index in [0.717, 1.165) is 83.5 Å². The zero-order chi connectivity index (χ0) is 28.3. The van der Waals surface area contributed by atoms with Crippen molar-refractivity contribution in [3.8, 4) is 0 Å². The molecular formula is C30H50O9. The van der Waals surface area contributed by atoms with E-state index in [0.29, 0.717) is 19.8 Å². The SMILES string of the molecule is CCC(COC1CCCCC1OC(C)=O)(COC1CCCCC1OC(C)=O)COC1CCCCC1OC(C)=O. The van der Waals surface area contributed by atoms with E-state index < -0.39 is 5.41 Å². The molecule has 0 spiro atoms. The maximum absolute atomic E-state index is 11.7. The fraction of sp³-hybridized carbons (Fsp3) is 0.900. The fourth-order valence-corrected chi connectivity index (χ4v) is 6.09. The van der Waals surface area contributed by atoms with Crippen LogP contribution < -0.4 is 0 Å². The third kappa shape index (κ3) is 10.3. The van der Waals surface area contributed by atoms with Crippen LogP contribution in [0.25, 0.3) is 0 Å². The molecule has 0 aromatic carbocycles. The molecular weight excluding hydrogens is 504 g/mol. The summed E-state index contributed by atoms with van der Waals surface area (Å²) >= 11 is 0. The molecule has 0 radical (unpaired) electrons. The summed E-state index contributed by atoms with van der Waals surface area (Å²) in [6.45, 7) is 7.60. The van der Waals surface area contributed by atoms with Crippen molar-refractivity contribution in [1.29, 1.82) is 0 Å². The molecule has 0 saturated heterocycles. The van der Waals surface area contributed by atoms with Gasteiger partial charge in [0.25, 0.3) is 0 Å². The van der Waals surface area contributed by atoms with Gasteiger partial charge in [-0.1, -0.05) is 26.2 Å². The Morgan fingerprint density at radius 2 is 0.769 bits per heavy atom. The highest BCUT2D eigenvalue weighted by Gasteiger charge is 2.39. The first-order valence-electron chi connectivity index (χ1n) is 15.1. The van der Waals surface area contributed by atoms with Crippen LogP contribution in [0.1, 0.15) is 111 Å². The molecule has 0 N–H and O–H groups in total. The van der Waals surface area contributed by atoms with Gasteiger partial charge in [0, 0.05) is 26.2 Å². The van der Waals surface area contributed by atoms with E-state index in [1.807, 2.05) is 0 Å². The normalized spacial score (nSPS) is 31.1.